The number of rotatable bonds is 2. The van der Waals surface area contributed by atoms with Crippen molar-refractivity contribution >= 4 is 77.5 Å². The minimum Gasteiger partial charge on any atom is -0.310 e. The van der Waals surface area contributed by atoms with Gasteiger partial charge in [-0.1, -0.05) is 240 Å². The molecule has 0 fully saturated rings. The van der Waals surface area contributed by atoms with Crippen LogP contribution in [-0.2, 0) is 37.9 Å². The zero-order chi connectivity index (χ0) is 60.2. The molecule has 0 atom stereocenters. The molecule has 0 saturated carbocycles. The second kappa shape index (κ2) is 16.8. The Hall–Kier alpha value is -7.88. The second-order valence-corrected chi connectivity index (χ2v) is 32.7. The van der Waals surface area contributed by atoms with Gasteiger partial charge in [-0.3, -0.25) is 0 Å². The number of benzene rings is 10. The van der Waals surface area contributed by atoms with Crippen LogP contribution in [0, 0.1) is 0 Å². The number of hydrogen-bond acceptors (Lipinski definition) is 0. The lowest BCUT2D eigenvalue weighted by Crippen LogP contribution is -2.61. The fourth-order valence-corrected chi connectivity index (χ4v) is 16.1. The zero-order valence-electron chi connectivity index (χ0n) is 54.1. The summed E-state index contributed by atoms with van der Waals surface area (Å²) in [5, 5.41) is 7.90. The maximum absolute atomic E-state index is 2.84. The van der Waals surface area contributed by atoms with Crippen LogP contribution in [-0.4, -0.2) is 15.8 Å². The van der Waals surface area contributed by atoms with E-state index in [1.54, 1.807) is 0 Å². The molecule has 12 aromatic rings. The van der Waals surface area contributed by atoms with Crippen LogP contribution in [0.15, 0.2) is 164 Å². The molecule has 0 N–H and O–H groups in total. The molecule has 2 nitrogen and oxygen atoms in total. The molecule has 86 heavy (non-hydrogen) atoms. The maximum Gasteiger partial charge on any atom is 0.252 e. The van der Waals surface area contributed by atoms with E-state index in [4.69, 9.17) is 0 Å². The summed E-state index contributed by atoms with van der Waals surface area (Å²) in [6.07, 6.45) is 0. The average Bonchev–Trinajstić information content (AvgIpc) is 1.39. The van der Waals surface area contributed by atoms with Gasteiger partial charge in [-0.05, 0) is 192 Å². The summed E-state index contributed by atoms with van der Waals surface area (Å²) in [4.78, 5) is 0. The first-order chi connectivity index (χ1) is 40.4. The Morgan fingerprint density at radius 3 is 1.29 bits per heavy atom. The molecule has 0 radical (unpaired) electrons. The molecule has 0 amide bonds. The highest BCUT2D eigenvalue weighted by Gasteiger charge is 2.56. The van der Waals surface area contributed by atoms with Gasteiger partial charge < -0.3 is 9.13 Å². The average molecular weight is 1120 g/mol. The molecule has 5 heterocycles. The fraction of sp³-hybridized carbons (Fsp3) is 0.301. The topological polar surface area (TPSA) is 9.86 Å². The molecule has 3 heteroatoms. The number of aromatic nitrogens is 2. The molecular formula is C83H81BN2. The summed E-state index contributed by atoms with van der Waals surface area (Å²) in [6.45, 7) is 43.2. The molecular weight excluding hydrogens is 1040 g/mol. The number of nitrogens with zero attached hydrogens (tertiary/aromatic N) is 2. The smallest absolute Gasteiger partial charge is 0.252 e. The van der Waals surface area contributed by atoms with Gasteiger partial charge in [0, 0.05) is 43.8 Å². The van der Waals surface area contributed by atoms with Gasteiger partial charge in [0.15, 0.2) is 0 Å². The molecule has 4 aliphatic rings. The van der Waals surface area contributed by atoms with Gasteiger partial charge in [0.05, 0.1) is 22.1 Å². The standard InChI is InChI=1S/C83H81BN2/c1-77(2,3)51-30-33-70-60(36-51)61-38-55(81(13,14)15)43-68-73(61)85(70)75-59(50-27-26-48-34-47(24-25-49(48)35-50)46-22-20-19-21-23-46)45-67-76-71(75)84(68)69-44-56(82(16,17)18)39-63-62-37-54(80(10,11)12)42-66(72(62)86(76)74(63)69)83(67)64-40-52(78(4,5)6)28-31-57(64)58-32-29-53(41-65(58)83)79(7,8)9/h19-45H,1-18H3. The molecule has 0 unspecified atom stereocenters. The Kier molecular flexibility index (Phi) is 10.5. The van der Waals surface area contributed by atoms with Crippen LogP contribution in [0.3, 0.4) is 0 Å². The summed E-state index contributed by atoms with van der Waals surface area (Å²) >= 11 is 0. The summed E-state index contributed by atoms with van der Waals surface area (Å²) < 4.78 is 5.62. The lowest BCUT2D eigenvalue weighted by Gasteiger charge is -2.45. The van der Waals surface area contributed by atoms with Crippen molar-refractivity contribution in [1.82, 2.24) is 9.13 Å². The normalized spacial score (nSPS) is 14.9. The summed E-state index contributed by atoms with van der Waals surface area (Å²) in [5.41, 5.74) is 32.4. The Labute approximate surface area is 510 Å². The van der Waals surface area contributed by atoms with E-state index in [1.165, 1.54) is 171 Å². The van der Waals surface area contributed by atoms with Crippen LogP contribution >= 0.6 is 0 Å². The fourth-order valence-electron chi connectivity index (χ4n) is 16.1. The second-order valence-electron chi connectivity index (χ2n) is 32.7. The largest absolute Gasteiger partial charge is 0.310 e. The Morgan fingerprint density at radius 1 is 0.302 bits per heavy atom. The van der Waals surface area contributed by atoms with Gasteiger partial charge in [0.1, 0.15) is 0 Å². The minimum absolute atomic E-state index is 0.0393. The Balaban J connectivity index is 1.19. The third kappa shape index (κ3) is 7.15. The Morgan fingerprint density at radius 2 is 0.744 bits per heavy atom. The van der Waals surface area contributed by atoms with Crippen LogP contribution < -0.4 is 16.4 Å². The quantitative estimate of drug-likeness (QED) is 0.153. The lowest BCUT2D eigenvalue weighted by atomic mass is 9.33. The highest BCUT2D eigenvalue weighted by Crippen LogP contribution is 2.64. The van der Waals surface area contributed by atoms with Gasteiger partial charge in [-0.15, -0.1) is 0 Å². The first-order valence-corrected chi connectivity index (χ1v) is 31.8. The first kappa shape index (κ1) is 53.6. The molecule has 10 aromatic carbocycles. The SMILES string of the molecule is CC(C)(C)c1ccc2c(c1)C1(c3cc(C(C)(C)C)ccc3-2)c2cc(-c3ccc4cc(-c5ccccc5)ccc4c3)c3c4c2-n2c5c(cc(C(C)(C)C)cc5c5cc(C(C)(C)C)cc1c52)B4c1cc(C(C)(C)C)cc2c4cc(C(C)(C)C)ccc4n-3c12. The summed E-state index contributed by atoms with van der Waals surface area (Å²) in [5.74, 6) is 0. The van der Waals surface area contributed by atoms with Crippen molar-refractivity contribution in [3.63, 3.8) is 0 Å². The van der Waals surface area contributed by atoms with Gasteiger partial charge in [-0.25, -0.2) is 0 Å². The number of fused-ring (bicyclic) bond motifs is 15. The minimum atomic E-state index is -0.713. The highest BCUT2D eigenvalue weighted by atomic mass is 15.1. The molecule has 0 saturated heterocycles. The van der Waals surface area contributed by atoms with Crippen molar-refractivity contribution in [2.24, 2.45) is 0 Å². The van der Waals surface area contributed by atoms with Gasteiger partial charge in [0.25, 0.3) is 6.71 Å². The van der Waals surface area contributed by atoms with E-state index in [-0.39, 0.29) is 39.2 Å². The van der Waals surface area contributed by atoms with Crippen LogP contribution in [0.25, 0.3) is 99.1 Å². The van der Waals surface area contributed by atoms with Gasteiger partial charge in [-0.2, -0.15) is 0 Å². The summed E-state index contributed by atoms with van der Waals surface area (Å²) in [6, 6.07) is 66.6. The number of hydrogen-bond donors (Lipinski definition) is 0. The maximum atomic E-state index is 2.84. The first-order valence-electron chi connectivity index (χ1n) is 31.8. The predicted octanol–water partition coefficient (Wildman–Crippen LogP) is 20.0. The van der Waals surface area contributed by atoms with Crippen molar-refractivity contribution in [3.05, 3.63) is 219 Å². The molecule has 2 aromatic heterocycles. The third-order valence-electron chi connectivity index (χ3n) is 20.9. The van der Waals surface area contributed by atoms with E-state index in [9.17, 15) is 0 Å². The highest BCUT2D eigenvalue weighted by molar-refractivity contribution is 7.00. The van der Waals surface area contributed by atoms with E-state index in [2.05, 4.69) is 298 Å². The molecule has 0 bridgehead atoms. The van der Waals surface area contributed by atoms with Crippen molar-refractivity contribution in [2.45, 2.75) is 163 Å². The van der Waals surface area contributed by atoms with Crippen LogP contribution in [0.1, 0.15) is 180 Å². The zero-order valence-corrected chi connectivity index (χ0v) is 54.1. The molecule has 16 rings (SSSR count). The van der Waals surface area contributed by atoms with Crippen LogP contribution in [0.2, 0.25) is 0 Å². The van der Waals surface area contributed by atoms with Crippen molar-refractivity contribution in [1.29, 1.82) is 0 Å². The summed E-state index contributed by atoms with van der Waals surface area (Å²) in [7, 11) is 0. The predicted molar refractivity (Wildman–Crippen MR) is 371 cm³/mol. The van der Waals surface area contributed by atoms with Crippen molar-refractivity contribution in [3.8, 4) is 44.8 Å². The van der Waals surface area contributed by atoms with E-state index in [0.717, 1.165) is 0 Å². The van der Waals surface area contributed by atoms with Crippen molar-refractivity contribution < 1.29 is 0 Å². The van der Waals surface area contributed by atoms with Crippen molar-refractivity contribution in [2.75, 3.05) is 0 Å². The molecule has 426 valence electrons. The van der Waals surface area contributed by atoms with Crippen LogP contribution in [0.5, 0.6) is 0 Å². The molecule has 3 aliphatic heterocycles. The lowest BCUT2D eigenvalue weighted by molar-refractivity contribution is 0.583. The van der Waals surface area contributed by atoms with Gasteiger partial charge >= 0.3 is 0 Å². The Bertz CT molecular complexity index is 4960. The van der Waals surface area contributed by atoms with E-state index >= 15 is 0 Å². The molecule has 1 spiro atoms. The van der Waals surface area contributed by atoms with Gasteiger partial charge in [0.2, 0.25) is 0 Å². The third-order valence-corrected chi connectivity index (χ3v) is 20.9. The van der Waals surface area contributed by atoms with E-state index in [0.29, 0.717) is 0 Å². The van der Waals surface area contributed by atoms with E-state index < -0.39 is 5.41 Å². The molecule has 1 aliphatic carbocycles. The monoisotopic (exact) mass is 1120 g/mol. The van der Waals surface area contributed by atoms with E-state index in [1.807, 2.05) is 0 Å². The van der Waals surface area contributed by atoms with Crippen LogP contribution in [0.4, 0.5) is 0 Å².